The zero-order valence-electron chi connectivity index (χ0n) is 14.0. The molecule has 5 N–H and O–H groups in total. The van der Waals surface area contributed by atoms with Gasteiger partial charge in [0.15, 0.2) is 6.29 Å². The van der Waals surface area contributed by atoms with E-state index in [9.17, 15) is 20.1 Å². The molecule has 0 spiro atoms. The number of ether oxygens (including phenoxy) is 2. The van der Waals surface area contributed by atoms with Crippen LogP contribution >= 0.6 is 0 Å². The lowest BCUT2D eigenvalue weighted by Gasteiger charge is -2.39. The number of aromatic carboxylic acids is 1. The minimum absolute atomic E-state index is 0.0992. The van der Waals surface area contributed by atoms with Crippen LogP contribution in [0.3, 0.4) is 0 Å². The molecule has 2 heterocycles. The van der Waals surface area contributed by atoms with E-state index in [-0.39, 0.29) is 12.2 Å². The summed E-state index contributed by atoms with van der Waals surface area (Å²) in [7, 11) is 0. The van der Waals surface area contributed by atoms with Crippen LogP contribution in [-0.2, 0) is 16.1 Å². The number of aliphatic hydroxyl groups excluding tert-OH is 4. The van der Waals surface area contributed by atoms with E-state index in [1.54, 1.807) is 12.1 Å². The van der Waals surface area contributed by atoms with Crippen LogP contribution in [0.2, 0.25) is 0 Å². The van der Waals surface area contributed by atoms with Crippen molar-refractivity contribution in [3.63, 3.8) is 0 Å². The Balaban J connectivity index is 1.66. The van der Waals surface area contributed by atoms with E-state index in [2.05, 4.69) is 10.3 Å². The smallest absolute Gasteiger partial charge is 0.335 e. The van der Waals surface area contributed by atoms with Gasteiger partial charge in [-0.25, -0.2) is 9.48 Å². The van der Waals surface area contributed by atoms with Gasteiger partial charge in [-0.05, 0) is 18.2 Å². The van der Waals surface area contributed by atoms with Crippen LogP contribution in [0.5, 0.6) is 0 Å². The van der Waals surface area contributed by atoms with Gasteiger partial charge in [0.05, 0.1) is 30.7 Å². The first kappa shape index (κ1) is 19.4. The number of aromatic nitrogens is 3. The molecule has 2 aromatic rings. The van der Waals surface area contributed by atoms with E-state index in [0.717, 1.165) is 0 Å². The quantitative estimate of drug-likeness (QED) is 0.388. The molecule has 3 rings (SSSR count). The summed E-state index contributed by atoms with van der Waals surface area (Å²) >= 11 is 0. The highest BCUT2D eigenvalue weighted by molar-refractivity contribution is 5.88. The molecule has 0 radical (unpaired) electrons. The Labute approximate surface area is 153 Å². The van der Waals surface area contributed by atoms with Crippen molar-refractivity contribution >= 4 is 5.97 Å². The maximum absolute atomic E-state index is 11.0. The fourth-order valence-electron chi connectivity index (χ4n) is 2.64. The molecule has 1 aliphatic rings. The molecular weight excluding hydrogens is 362 g/mol. The number of rotatable bonds is 6. The third kappa shape index (κ3) is 4.13. The lowest BCUT2D eigenvalue weighted by atomic mass is 9.99. The summed E-state index contributed by atoms with van der Waals surface area (Å²) in [6.45, 7) is -0.692. The van der Waals surface area contributed by atoms with Crippen molar-refractivity contribution in [2.45, 2.75) is 37.3 Å². The van der Waals surface area contributed by atoms with Crippen LogP contribution in [0.1, 0.15) is 16.1 Å². The van der Waals surface area contributed by atoms with Gasteiger partial charge >= 0.3 is 5.97 Å². The van der Waals surface area contributed by atoms with Gasteiger partial charge in [-0.2, -0.15) is 0 Å². The highest BCUT2D eigenvalue weighted by Crippen LogP contribution is 2.22. The number of carbonyl (C=O) groups is 1. The van der Waals surface area contributed by atoms with Crippen LogP contribution in [0.4, 0.5) is 0 Å². The summed E-state index contributed by atoms with van der Waals surface area (Å²) in [5, 5.41) is 55.4. The minimum Gasteiger partial charge on any atom is -0.478 e. The Morgan fingerprint density at radius 2 is 2.00 bits per heavy atom. The molecule has 1 saturated heterocycles. The Morgan fingerprint density at radius 1 is 1.22 bits per heavy atom. The molecule has 0 bridgehead atoms. The number of carboxylic acid groups (broad SMARTS) is 1. The maximum atomic E-state index is 11.0. The van der Waals surface area contributed by atoms with E-state index in [0.29, 0.717) is 11.4 Å². The van der Waals surface area contributed by atoms with E-state index in [1.807, 2.05) is 0 Å². The number of hydrogen-bond donors (Lipinski definition) is 5. The van der Waals surface area contributed by atoms with Gasteiger partial charge in [-0.1, -0.05) is 11.3 Å². The average Bonchev–Trinajstić information content (AvgIpc) is 3.15. The highest BCUT2D eigenvalue weighted by atomic mass is 16.7. The lowest BCUT2D eigenvalue weighted by Crippen LogP contribution is -2.59. The van der Waals surface area contributed by atoms with Crippen molar-refractivity contribution < 1.29 is 39.8 Å². The van der Waals surface area contributed by atoms with Gasteiger partial charge in [0.1, 0.15) is 30.1 Å². The zero-order valence-corrected chi connectivity index (χ0v) is 14.0. The fourth-order valence-corrected chi connectivity index (χ4v) is 2.64. The number of benzene rings is 1. The van der Waals surface area contributed by atoms with Crippen molar-refractivity contribution in [2.24, 2.45) is 0 Å². The summed E-state index contributed by atoms with van der Waals surface area (Å²) in [6, 6.07) is 6.11. The lowest BCUT2D eigenvalue weighted by molar-refractivity contribution is -0.304. The molecule has 11 heteroatoms. The first-order chi connectivity index (χ1) is 12.9. The number of aliphatic hydroxyl groups is 4. The third-order valence-electron chi connectivity index (χ3n) is 4.14. The molecule has 0 aliphatic carbocycles. The molecule has 1 aromatic carbocycles. The molecule has 0 saturated carbocycles. The molecule has 27 heavy (non-hydrogen) atoms. The topological polar surface area (TPSA) is 167 Å². The SMILES string of the molecule is O=C(O)c1cccc(-n2cc(CO[C@H]3O[C@H](CO)[C@@H](O)[C@H](O)[C@@H]3O)nn2)c1. The van der Waals surface area contributed by atoms with E-state index < -0.39 is 43.3 Å². The zero-order chi connectivity index (χ0) is 19.6. The van der Waals surface area contributed by atoms with E-state index in [1.165, 1.54) is 23.0 Å². The van der Waals surface area contributed by atoms with Crippen molar-refractivity contribution in [1.82, 2.24) is 15.0 Å². The van der Waals surface area contributed by atoms with Gasteiger partial charge < -0.3 is 35.0 Å². The predicted molar refractivity (Wildman–Crippen MR) is 86.9 cm³/mol. The highest BCUT2D eigenvalue weighted by Gasteiger charge is 2.44. The second-order valence-electron chi connectivity index (χ2n) is 6.02. The van der Waals surface area contributed by atoms with Crippen molar-refractivity contribution in [1.29, 1.82) is 0 Å². The number of carboxylic acids is 1. The molecule has 1 aromatic heterocycles. The minimum atomic E-state index is -1.53. The first-order valence-corrected chi connectivity index (χ1v) is 8.07. The van der Waals surface area contributed by atoms with Crippen molar-refractivity contribution in [3.8, 4) is 5.69 Å². The fraction of sp³-hybridized carbons (Fsp3) is 0.438. The second-order valence-corrected chi connectivity index (χ2v) is 6.02. The first-order valence-electron chi connectivity index (χ1n) is 8.07. The van der Waals surface area contributed by atoms with Crippen LogP contribution < -0.4 is 0 Å². The molecule has 5 atom stereocenters. The summed E-state index contributed by atoms with van der Waals surface area (Å²) in [5.74, 6) is -1.07. The summed E-state index contributed by atoms with van der Waals surface area (Å²) in [5.41, 5.74) is 0.941. The van der Waals surface area contributed by atoms with Crippen LogP contribution in [0.25, 0.3) is 5.69 Å². The molecule has 1 aliphatic heterocycles. The van der Waals surface area contributed by atoms with Crippen LogP contribution in [0, 0.1) is 0 Å². The largest absolute Gasteiger partial charge is 0.478 e. The molecule has 11 nitrogen and oxygen atoms in total. The van der Waals surface area contributed by atoms with Gasteiger partial charge in [0.2, 0.25) is 0 Å². The van der Waals surface area contributed by atoms with Crippen molar-refractivity contribution in [3.05, 3.63) is 41.7 Å². The van der Waals surface area contributed by atoms with E-state index >= 15 is 0 Å². The average molecular weight is 381 g/mol. The molecule has 0 amide bonds. The monoisotopic (exact) mass is 381 g/mol. The van der Waals surface area contributed by atoms with Gasteiger partial charge in [0, 0.05) is 0 Å². The van der Waals surface area contributed by atoms with Gasteiger partial charge in [0.25, 0.3) is 0 Å². The second kappa shape index (κ2) is 8.08. The Kier molecular flexibility index (Phi) is 5.79. The normalized spacial score (nSPS) is 28.2. The van der Waals surface area contributed by atoms with Crippen molar-refractivity contribution in [2.75, 3.05) is 6.61 Å². The summed E-state index contributed by atoms with van der Waals surface area (Å²) in [6.07, 6.45) is -5.35. The Hall–Kier alpha value is -2.41. The third-order valence-corrected chi connectivity index (χ3v) is 4.14. The van der Waals surface area contributed by atoms with Gasteiger partial charge in [-0.3, -0.25) is 0 Å². The summed E-state index contributed by atoms with van der Waals surface area (Å²) < 4.78 is 12.0. The predicted octanol–water partition coefficient (Wildman–Crippen LogP) is -1.72. The Bertz CT molecular complexity index is 795. The number of hydrogen-bond acceptors (Lipinski definition) is 9. The summed E-state index contributed by atoms with van der Waals surface area (Å²) in [4.78, 5) is 11.0. The standard InChI is InChI=1S/C16H19N3O8/c20-6-11-12(21)13(22)14(23)16(27-11)26-7-9-5-19(18-17-9)10-3-1-2-8(4-10)15(24)25/h1-5,11-14,16,20-23H,6-7H2,(H,24,25)/t11-,12-,13+,14+,16+/m1/s1. The maximum Gasteiger partial charge on any atom is 0.335 e. The van der Waals surface area contributed by atoms with E-state index in [4.69, 9.17) is 19.7 Å². The molecule has 146 valence electrons. The molecule has 1 fully saturated rings. The Morgan fingerprint density at radius 3 is 2.70 bits per heavy atom. The molecule has 0 unspecified atom stereocenters. The number of nitrogens with zero attached hydrogens (tertiary/aromatic N) is 3. The molecular formula is C16H19N3O8. The van der Waals surface area contributed by atoms with Gasteiger partial charge in [-0.15, -0.1) is 5.10 Å². The van der Waals surface area contributed by atoms with Crippen LogP contribution in [0.15, 0.2) is 30.5 Å². The van der Waals surface area contributed by atoms with Crippen LogP contribution in [-0.4, -0.2) is 83.8 Å².